The van der Waals surface area contributed by atoms with Crippen LogP contribution < -0.4 is 15.6 Å². The molecule has 0 radical (unpaired) electrons. The summed E-state index contributed by atoms with van der Waals surface area (Å²) in [6.07, 6.45) is 0. The number of carbonyl (C=O) groups excluding carboxylic acids is 2. The first-order valence-electron chi connectivity index (χ1n) is 7.13. The van der Waals surface area contributed by atoms with Gasteiger partial charge in [0.2, 0.25) is 0 Å². The number of aryl methyl sites for hydroxylation is 1. The highest BCUT2D eigenvalue weighted by molar-refractivity contribution is 9.10. The molecule has 1 aromatic heterocycles. The number of hydrazine groups is 1. The summed E-state index contributed by atoms with van der Waals surface area (Å²) >= 11 is 15.1. The molecule has 0 aliphatic heterocycles. The standard InChI is InChI=1S/C15H15BrCl2N4O3/c1-8-15(16)9(2)22(21-8)6-13(23)19-20-14(24)7-25-12-4-3-10(17)5-11(12)18/h3-5H,6-7H2,1-2H3,(H,19,23)(H,20,24). The van der Waals surface area contributed by atoms with Crippen molar-refractivity contribution in [2.45, 2.75) is 20.4 Å². The summed E-state index contributed by atoms with van der Waals surface area (Å²) < 4.78 is 7.64. The van der Waals surface area contributed by atoms with Crippen LogP contribution in [0.15, 0.2) is 22.7 Å². The summed E-state index contributed by atoms with van der Waals surface area (Å²) in [7, 11) is 0. The van der Waals surface area contributed by atoms with Gasteiger partial charge in [-0.25, -0.2) is 0 Å². The van der Waals surface area contributed by atoms with Gasteiger partial charge < -0.3 is 4.74 Å². The minimum Gasteiger partial charge on any atom is -0.482 e. The van der Waals surface area contributed by atoms with Gasteiger partial charge in [-0.2, -0.15) is 5.10 Å². The van der Waals surface area contributed by atoms with Crippen LogP contribution in [0.3, 0.4) is 0 Å². The van der Waals surface area contributed by atoms with Crippen LogP contribution in [0.25, 0.3) is 0 Å². The minimum absolute atomic E-state index is 0.0254. The average molecular weight is 450 g/mol. The lowest BCUT2D eigenvalue weighted by atomic mass is 10.3. The van der Waals surface area contributed by atoms with Crippen molar-refractivity contribution in [3.05, 3.63) is 44.1 Å². The van der Waals surface area contributed by atoms with Crippen molar-refractivity contribution < 1.29 is 14.3 Å². The molecule has 0 bridgehead atoms. The second kappa shape index (κ2) is 8.55. The summed E-state index contributed by atoms with van der Waals surface area (Å²) in [6.45, 7) is 3.32. The van der Waals surface area contributed by atoms with Crippen LogP contribution in [0, 0.1) is 13.8 Å². The van der Waals surface area contributed by atoms with Gasteiger partial charge in [0.25, 0.3) is 11.8 Å². The topological polar surface area (TPSA) is 85.3 Å². The number of aromatic nitrogens is 2. The van der Waals surface area contributed by atoms with Crippen LogP contribution >= 0.6 is 39.1 Å². The van der Waals surface area contributed by atoms with E-state index in [0.29, 0.717) is 15.8 Å². The van der Waals surface area contributed by atoms with Crippen LogP contribution in [-0.2, 0) is 16.1 Å². The number of carbonyl (C=O) groups is 2. The number of hydrogen-bond donors (Lipinski definition) is 2. The molecule has 0 saturated carbocycles. The van der Waals surface area contributed by atoms with E-state index in [9.17, 15) is 9.59 Å². The molecule has 2 N–H and O–H groups in total. The zero-order chi connectivity index (χ0) is 18.6. The maximum Gasteiger partial charge on any atom is 0.276 e. The van der Waals surface area contributed by atoms with Gasteiger partial charge in [-0.1, -0.05) is 23.2 Å². The molecule has 7 nitrogen and oxygen atoms in total. The maximum absolute atomic E-state index is 11.9. The second-order valence-electron chi connectivity index (χ2n) is 5.10. The Morgan fingerprint density at radius 2 is 1.92 bits per heavy atom. The molecule has 25 heavy (non-hydrogen) atoms. The van der Waals surface area contributed by atoms with E-state index >= 15 is 0 Å². The van der Waals surface area contributed by atoms with E-state index in [-0.39, 0.29) is 13.2 Å². The molecule has 10 heteroatoms. The van der Waals surface area contributed by atoms with Crippen LogP contribution in [0.1, 0.15) is 11.4 Å². The smallest absolute Gasteiger partial charge is 0.276 e. The molecular formula is C15H15BrCl2N4O3. The molecule has 0 atom stereocenters. The molecule has 0 spiro atoms. The third-order valence-corrected chi connectivity index (χ3v) is 4.86. The van der Waals surface area contributed by atoms with Crippen molar-refractivity contribution in [2.24, 2.45) is 0 Å². The Labute approximate surface area is 162 Å². The fourth-order valence-corrected chi connectivity index (χ4v) is 2.66. The van der Waals surface area contributed by atoms with E-state index in [1.807, 2.05) is 13.8 Å². The quantitative estimate of drug-likeness (QED) is 0.687. The minimum atomic E-state index is -0.533. The predicted octanol–water partition coefficient (Wildman–Crippen LogP) is 2.80. The molecule has 134 valence electrons. The molecular weight excluding hydrogens is 435 g/mol. The Balaban J connectivity index is 1.79. The van der Waals surface area contributed by atoms with Gasteiger partial charge in [-0.15, -0.1) is 0 Å². The number of halogens is 3. The summed E-state index contributed by atoms with van der Waals surface area (Å²) in [5.74, 6) is -0.634. The molecule has 2 amide bonds. The Morgan fingerprint density at radius 3 is 2.52 bits per heavy atom. The zero-order valence-electron chi connectivity index (χ0n) is 13.4. The van der Waals surface area contributed by atoms with Crippen LogP contribution in [0.4, 0.5) is 0 Å². The summed E-state index contributed by atoms with van der Waals surface area (Å²) in [5, 5.41) is 4.97. The van der Waals surface area contributed by atoms with Crippen LogP contribution in [0.5, 0.6) is 5.75 Å². The predicted molar refractivity (Wildman–Crippen MR) is 97.6 cm³/mol. The van der Waals surface area contributed by atoms with Gasteiger partial charge in [0.05, 0.1) is 20.9 Å². The van der Waals surface area contributed by atoms with E-state index in [4.69, 9.17) is 27.9 Å². The molecule has 2 rings (SSSR count). The lowest BCUT2D eigenvalue weighted by molar-refractivity contribution is -0.130. The van der Waals surface area contributed by atoms with Crippen molar-refractivity contribution >= 4 is 50.9 Å². The van der Waals surface area contributed by atoms with Crippen LogP contribution in [0.2, 0.25) is 10.0 Å². The highest BCUT2D eigenvalue weighted by Crippen LogP contribution is 2.27. The van der Waals surface area contributed by atoms with E-state index in [2.05, 4.69) is 31.9 Å². The van der Waals surface area contributed by atoms with Gasteiger partial charge in [0.15, 0.2) is 6.61 Å². The largest absolute Gasteiger partial charge is 0.482 e. The van der Waals surface area contributed by atoms with Crippen molar-refractivity contribution in [3.8, 4) is 5.75 Å². The number of rotatable bonds is 5. The Bertz CT molecular complexity index is 810. The first-order valence-corrected chi connectivity index (χ1v) is 8.68. The monoisotopic (exact) mass is 448 g/mol. The highest BCUT2D eigenvalue weighted by atomic mass is 79.9. The first-order chi connectivity index (χ1) is 11.8. The van der Waals surface area contributed by atoms with E-state index < -0.39 is 11.8 Å². The molecule has 0 aliphatic rings. The highest BCUT2D eigenvalue weighted by Gasteiger charge is 2.13. The average Bonchev–Trinajstić information content (AvgIpc) is 2.79. The fourth-order valence-electron chi connectivity index (χ4n) is 1.92. The molecule has 1 aromatic carbocycles. The van der Waals surface area contributed by atoms with E-state index in [0.717, 1.165) is 15.9 Å². The lowest BCUT2D eigenvalue weighted by Gasteiger charge is -2.10. The lowest BCUT2D eigenvalue weighted by Crippen LogP contribution is -2.45. The number of nitrogens with zero attached hydrogens (tertiary/aromatic N) is 2. The third kappa shape index (κ3) is 5.35. The van der Waals surface area contributed by atoms with Gasteiger partial charge in [0.1, 0.15) is 12.3 Å². The molecule has 0 unspecified atom stereocenters. The number of benzene rings is 1. The third-order valence-electron chi connectivity index (χ3n) is 3.18. The molecule has 0 saturated heterocycles. The molecule has 2 aromatic rings. The van der Waals surface area contributed by atoms with Gasteiger partial charge in [-0.3, -0.25) is 25.1 Å². The normalized spacial score (nSPS) is 10.4. The Morgan fingerprint density at radius 1 is 1.24 bits per heavy atom. The Hall–Kier alpha value is -1.77. The summed E-state index contributed by atoms with van der Waals surface area (Å²) in [6, 6.07) is 4.65. The maximum atomic E-state index is 11.9. The first kappa shape index (κ1) is 19.6. The van der Waals surface area contributed by atoms with Crippen LogP contribution in [-0.4, -0.2) is 28.2 Å². The van der Waals surface area contributed by atoms with Gasteiger partial charge in [-0.05, 0) is 48.0 Å². The molecule has 0 fully saturated rings. The second-order valence-corrected chi connectivity index (χ2v) is 6.74. The number of hydrogen-bond acceptors (Lipinski definition) is 4. The van der Waals surface area contributed by atoms with Gasteiger partial charge in [0, 0.05) is 5.02 Å². The van der Waals surface area contributed by atoms with Crippen molar-refractivity contribution in [1.29, 1.82) is 0 Å². The molecule has 0 aliphatic carbocycles. The zero-order valence-corrected chi connectivity index (χ0v) is 16.5. The number of nitrogens with one attached hydrogen (secondary N) is 2. The van der Waals surface area contributed by atoms with E-state index in [1.54, 1.807) is 12.1 Å². The SMILES string of the molecule is Cc1nn(CC(=O)NNC(=O)COc2ccc(Cl)cc2Cl)c(C)c1Br. The van der Waals surface area contributed by atoms with Crippen molar-refractivity contribution in [1.82, 2.24) is 20.6 Å². The molecule has 1 heterocycles. The number of ether oxygens (including phenoxy) is 1. The van der Waals surface area contributed by atoms with Gasteiger partial charge >= 0.3 is 0 Å². The Kier molecular flexibility index (Phi) is 6.69. The van der Waals surface area contributed by atoms with E-state index in [1.165, 1.54) is 10.7 Å². The summed E-state index contributed by atoms with van der Waals surface area (Å²) in [5.41, 5.74) is 6.16. The van der Waals surface area contributed by atoms with Crippen molar-refractivity contribution in [3.63, 3.8) is 0 Å². The van der Waals surface area contributed by atoms with Crippen molar-refractivity contribution in [2.75, 3.05) is 6.61 Å². The summed E-state index contributed by atoms with van der Waals surface area (Å²) in [4.78, 5) is 23.6. The number of amides is 2. The fraction of sp³-hybridized carbons (Fsp3) is 0.267.